The van der Waals surface area contributed by atoms with Gasteiger partial charge in [0.15, 0.2) is 0 Å². The lowest BCUT2D eigenvalue weighted by molar-refractivity contribution is 0.177. The van der Waals surface area contributed by atoms with E-state index in [0.717, 1.165) is 0 Å². The van der Waals surface area contributed by atoms with Gasteiger partial charge >= 0.3 is 6.09 Å². The second-order valence-electron chi connectivity index (χ2n) is 3.22. The van der Waals surface area contributed by atoms with Crippen LogP contribution in [0.1, 0.15) is 11.6 Å². The third-order valence-electron chi connectivity index (χ3n) is 2.29. The number of aromatic hydroxyl groups is 1. The van der Waals surface area contributed by atoms with Crippen molar-refractivity contribution in [3.8, 4) is 11.5 Å². The number of alkyl carbamates (subject to hydrolysis) is 1. The van der Waals surface area contributed by atoms with Gasteiger partial charge in [0.2, 0.25) is 0 Å². The fourth-order valence-corrected chi connectivity index (χ4v) is 1.50. The predicted octanol–water partition coefficient (Wildman–Crippen LogP) is 1.60. The second kappa shape index (κ2) is 4.94. The molecule has 0 radical (unpaired) electrons. The monoisotopic (exact) mass is 245 g/mol. The molecule has 16 heavy (non-hydrogen) atoms. The minimum Gasteiger partial charge on any atom is -0.507 e. The number of methoxy groups -OCH3 is 1. The summed E-state index contributed by atoms with van der Waals surface area (Å²) in [4.78, 5) is 10.8. The number of cyclic esters (lactones) is 1. The Morgan fingerprint density at radius 1 is 1.56 bits per heavy atom. The van der Waals surface area contributed by atoms with Crippen molar-refractivity contribution in [1.82, 2.24) is 5.32 Å². The summed E-state index contributed by atoms with van der Waals surface area (Å²) in [7, 11) is 1.52. The van der Waals surface area contributed by atoms with Crippen LogP contribution in [0.5, 0.6) is 11.5 Å². The Morgan fingerprint density at radius 3 is 2.81 bits per heavy atom. The van der Waals surface area contributed by atoms with E-state index in [1.54, 1.807) is 12.1 Å². The Hall–Kier alpha value is -1.62. The number of carbonyl (C=O) groups is 1. The lowest BCUT2D eigenvalue weighted by atomic mass is 10.1. The van der Waals surface area contributed by atoms with Crippen molar-refractivity contribution in [1.29, 1.82) is 0 Å². The van der Waals surface area contributed by atoms with Crippen LogP contribution < -0.4 is 10.1 Å². The van der Waals surface area contributed by atoms with Gasteiger partial charge in [0.1, 0.15) is 18.1 Å². The number of hydrogen-bond donors (Lipinski definition) is 2. The lowest BCUT2D eigenvalue weighted by Crippen LogP contribution is -2.18. The maximum atomic E-state index is 10.8. The molecule has 1 aromatic rings. The molecule has 0 unspecified atom stereocenters. The zero-order valence-electron chi connectivity index (χ0n) is 8.60. The van der Waals surface area contributed by atoms with Gasteiger partial charge in [-0.15, -0.1) is 12.4 Å². The van der Waals surface area contributed by atoms with Crippen LogP contribution in [0.4, 0.5) is 4.79 Å². The van der Waals surface area contributed by atoms with E-state index in [0.29, 0.717) is 11.3 Å². The summed E-state index contributed by atoms with van der Waals surface area (Å²) < 4.78 is 9.69. The number of phenolic OH excluding ortho intramolecular Hbond substituents is 1. The van der Waals surface area contributed by atoms with Gasteiger partial charge in [-0.05, 0) is 12.1 Å². The fraction of sp³-hybridized carbons (Fsp3) is 0.300. The van der Waals surface area contributed by atoms with Crippen LogP contribution in [-0.2, 0) is 4.74 Å². The number of benzene rings is 1. The number of ether oxygens (including phenoxy) is 2. The number of carbonyl (C=O) groups excluding carboxylic acids is 1. The first kappa shape index (κ1) is 12.4. The van der Waals surface area contributed by atoms with E-state index in [4.69, 9.17) is 9.47 Å². The highest BCUT2D eigenvalue weighted by molar-refractivity contribution is 5.85. The Morgan fingerprint density at radius 2 is 2.31 bits per heavy atom. The Bertz CT molecular complexity index is 396. The first-order chi connectivity index (χ1) is 7.20. The Balaban J connectivity index is 0.00000128. The van der Waals surface area contributed by atoms with Crippen molar-refractivity contribution in [3.63, 3.8) is 0 Å². The van der Waals surface area contributed by atoms with Crippen LogP contribution >= 0.6 is 12.4 Å². The molecular weight excluding hydrogens is 234 g/mol. The highest BCUT2D eigenvalue weighted by Gasteiger charge is 2.25. The number of amides is 1. The highest BCUT2D eigenvalue weighted by atomic mass is 35.5. The fourth-order valence-electron chi connectivity index (χ4n) is 1.50. The number of rotatable bonds is 2. The van der Waals surface area contributed by atoms with Gasteiger partial charge < -0.3 is 19.9 Å². The molecule has 6 heteroatoms. The molecule has 1 aromatic carbocycles. The molecule has 0 bridgehead atoms. The topological polar surface area (TPSA) is 67.8 Å². The molecule has 1 aliphatic rings. The molecule has 2 rings (SSSR count). The number of phenols is 1. The first-order valence-corrected chi connectivity index (χ1v) is 4.51. The summed E-state index contributed by atoms with van der Waals surface area (Å²) in [5, 5.41) is 12.3. The van der Waals surface area contributed by atoms with E-state index in [2.05, 4.69) is 5.32 Å². The van der Waals surface area contributed by atoms with E-state index in [-0.39, 0.29) is 30.8 Å². The van der Waals surface area contributed by atoms with Crippen LogP contribution in [0, 0.1) is 0 Å². The Labute approximate surface area is 98.8 Å². The molecule has 88 valence electrons. The maximum absolute atomic E-state index is 10.8. The molecule has 0 saturated carbocycles. The molecule has 5 nitrogen and oxygen atoms in total. The second-order valence-corrected chi connectivity index (χ2v) is 3.22. The average molecular weight is 246 g/mol. The summed E-state index contributed by atoms with van der Waals surface area (Å²) in [5.41, 5.74) is 0.627. The third-order valence-corrected chi connectivity index (χ3v) is 2.29. The zero-order chi connectivity index (χ0) is 10.8. The molecule has 2 N–H and O–H groups in total. The van der Waals surface area contributed by atoms with Gasteiger partial charge in [0.05, 0.1) is 13.2 Å². The smallest absolute Gasteiger partial charge is 0.407 e. The van der Waals surface area contributed by atoms with Crippen LogP contribution in [0.25, 0.3) is 0 Å². The molecular formula is C10H12ClNO4. The van der Waals surface area contributed by atoms with Crippen LogP contribution in [0.3, 0.4) is 0 Å². The number of halogens is 1. The largest absolute Gasteiger partial charge is 0.507 e. The predicted molar refractivity (Wildman–Crippen MR) is 59.1 cm³/mol. The third kappa shape index (κ3) is 2.30. The quantitative estimate of drug-likeness (QED) is 0.831. The molecule has 1 aliphatic heterocycles. The molecule has 0 aromatic heterocycles. The molecule has 1 saturated heterocycles. The standard InChI is InChI=1S/C10H11NO4.ClH/c1-14-6-2-3-7(9(12)4-6)8-5-15-10(13)11-8;/h2-4,8,12H,5H2,1H3,(H,11,13);1H/t8-;/m0./s1. The summed E-state index contributed by atoms with van der Waals surface area (Å²) >= 11 is 0. The average Bonchev–Trinajstić information content (AvgIpc) is 2.64. The van der Waals surface area contributed by atoms with E-state index in [1.165, 1.54) is 13.2 Å². The normalized spacial score (nSPS) is 18.3. The van der Waals surface area contributed by atoms with E-state index in [9.17, 15) is 9.90 Å². The number of hydrogen-bond acceptors (Lipinski definition) is 4. The van der Waals surface area contributed by atoms with Gasteiger partial charge in [0.25, 0.3) is 0 Å². The van der Waals surface area contributed by atoms with Crippen LogP contribution in [0.15, 0.2) is 18.2 Å². The van der Waals surface area contributed by atoms with Gasteiger partial charge in [-0.3, -0.25) is 0 Å². The summed E-state index contributed by atoms with van der Waals surface area (Å²) in [5.74, 6) is 0.659. The zero-order valence-corrected chi connectivity index (χ0v) is 9.41. The Kier molecular flexibility index (Phi) is 3.84. The number of nitrogens with one attached hydrogen (secondary N) is 1. The van der Waals surface area contributed by atoms with Crippen molar-refractivity contribution in [2.75, 3.05) is 13.7 Å². The minimum absolute atomic E-state index is 0. The molecule has 1 heterocycles. The maximum Gasteiger partial charge on any atom is 0.407 e. The van der Waals surface area contributed by atoms with Gasteiger partial charge in [0, 0.05) is 11.6 Å². The van der Waals surface area contributed by atoms with Crippen molar-refractivity contribution >= 4 is 18.5 Å². The van der Waals surface area contributed by atoms with Gasteiger partial charge in [-0.25, -0.2) is 4.79 Å². The molecule has 0 spiro atoms. The summed E-state index contributed by atoms with van der Waals surface area (Å²) in [6.45, 7) is 0.235. The van der Waals surface area contributed by atoms with Crippen molar-refractivity contribution in [2.24, 2.45) is 0 Å². The first-order valence-electron chi connectivity index (χ1n) is 4.51. The minimum atomic E-state index is -0.463. The SMILES string of the molecule is COc1ccc([C@@H]2COC(=O)N2)c(O)c1.Cl. The molecule has 1 atom stereocenters. The molecule has 1 fully saturated rings. The van der Waals surface area contributed by atoms with E-state index >= 15 is 0 Å². The van der Waals surface area contributed by atoms with Crippen molar-refractivity contribution < 1.29 is 19.4 Å². The lowest BCUT2D eigenvalue weighted by Gasteiger charge is -2.10. The molecule has 1 amide bonds. The van der Waals surface area contributed by atoms with Crippen LogP contribution in [-0.4, -0.2) is 24.9 Å². The van der Waals surface area contributed by atoms with E-state index in [1.807, 2.05) is 0 Å². The van der Waals surface area contributed by atoms with Gasteiger partial charge in [-0.2, -0.15) is 0 Å². The van der Waals surface area contributed by atoms with Gasteiger partial charge in [-0.1, -0.05) is 0 Å². The summed E-state index contributed by atoms with van der Waals surface area (Å²) in [6, 6.07) is 4.64. The van der Waals surface area contributed by atoms with E-state index < -0.39 is 6.09 Å². The van der Waals surface area contributed by atoms with Crippen molar-refractivity contribution in [3.05, 3.63) is 23.8 Å². The van der Waals surface area contributed by atoms with Crippen LogP contribution in [0.2, 0.25) is 0 Å². The summed E-state index contributed by atoms with van der Waals surface area (Å²) in [6.07, 6.45) is -0.463. The van der Waals surface area contributed by atoms with Crippen molar-refractivity contribution in [2.45, 2.75) is 6.04 Å². The highest BCUT2D eigenvalue weighted by Crippen LogP contribution is 2.30. The molecule has 0 aliphatic carbocycles.